The first-order chi connectivity index (χ1) is 10.4. The third-order valence-corrected chi connectivity index (χ3v) is 2.87. The Balaban J connectivity index is 1.95. The molecular formula is C16H21N3O3. The first-order valence-electron chi connectivity index (χ1n) is 7.26. The van der Waals surface area contributed by atoms with Gasteiger partial charge in [0.15, 0.2) is 0 Å². The number of hydrogen-bond acceptors (Lipinski definition) is 5. The third kappa shape index (κ3) is 4.58. The molecule has 0 aliphatic heterocycles. The van der Waals surface area contributed by atoms with E-state index in [1.165, 1.54) is 5.56 Å². The molecule has 1 aromatic carbocycles. The van der Waals surface area contributed by atoms with Crippen molar-refractivity contribution in [3.05, 3.63) is 35.7 Å². The molecule has 0 saturated heterocycles. The third-order valence-electron chi connectivity index (χ3n) is 2.87. The summed E-state index contributed by atoms with van der Waals surface area (Å²) in [6.07, 6.45) is 0.469. The van der Waals surface area contributed by atoms with Gasteiger partial charge in [-0.3, -0.25) is 0 Å². The summed E-state index contributed by atoms with van der Waals surface area (Å²) in [7, 11) is 0. The van der Waals surface area contributed by atoms with Crippen LogP contribution in [-0.2, 0) is 17.7 Å². The Hall–Kier alpha value is -2.37. The van der Waals surface area contributed by atoms with Crippen LogP contribution in [0.1, 0.15) is 39.1 Å². The van der Waals surface area contributed by atoms with Crippen LogP contribution in [0.5, 0.6) is 0 Å². The second-order valence-electron chi connectivity index (χ2n) is 5.92. The molecule has 0 aliphatic rings. The summed E-state index contributed by atoms with van der Waals surface area (Å²) in [6.45, 7) is 7.64. The van der Waals surface area contributed by atoms with Crippen molar-refractivity contribution in [1.29, 1.82) is 0 Å². The number of alkyl carbamates (subject to hydrolysis) is 1. The maximum Gasteiger partial charge on any atom is 0.408 e. The lowest BCUT2D eigenvalue weighted by Crippen LogP contribution is -2.32. The fourth-order valence-corrected chi connectivity index (χ4v) is 1.80. The monoisotopic (exact) mass is 303 g/mol. The Labute approximate surface area is 129 Å². The molecule has 0 atom stereocenters. The quantitative estimate of drug-likeness (QED) is 0.937. The van der Waals surface area contributed by atoms with Gasteiger partial charge in [-0.05, 0) is 32.8 Å². The van der Waals surface area contributed by atoms with E-state index in [0.29, 0.717) is 11.7 Å². The lowest BCUT2D eigenvalue weighted by molar-refractivity contribution is 0.0518. The summed E-state index contributed by atoms with van der Waals surface area (Å²) in [6, 6.07) is 7.97. The minimum Gasteiger partial charge on any atom is -0.444 e. The number of benzene rings is 1. The van der Waals surface area contributed by atoms with Crippen LogP contribution in [-0.4, -0.2) is 21.8 Å². The SMILES string of the molecule is CCc1ccc(-c2noc(CNC(=O)OC(C)(C)C)n2)cc1. The van der Waals surface area contributed by atoms with Crippen molar-refractivity contribution in [2.45, 2.75) is 46.3 Å². The zero-order valence-corrected chi connectivity index (χ0v) is 13.3. The number of rotatable bonds is 4. The molecule has 1 N–H and O–H groups in total. The highest BCUT2D eigenvalue weighted by atomic mass is 16.6. The predicted molar refractivity (Wildman–Crippen MR) is 82.2 cm³/mol. The summed E-state index contributed by atoms with van der Waals surface area (Å²) in [4.78, 5) is 15.8. The van der Waals surface area contributed by atoms with Crippen LogP contribution in [0.25, 0.3) is 11.4 Å². The molecule has 1 aromatic heterocycles. The standard InChI is InChI=1S/C16H21N3O3/c1-5-11-6-8-12(9-7-11)14-18-13(22-19-14)10-17-15(20)21-16(2,3)4/h6-9H,5,10H2,1-4H3,(H,17,20). The molecule has 0 spiro atoms. The lowest BCUT2D eigenvalue weighted by atomic mass is 10.1. The molecule has 118 valence electrons. The number of carbonyl (C=O) groups is 1. The van der Waals surface area contributed by atoms with Crippen LogP contribution >= 0.6 is 0 Å². The highest BCUT2D eigenvalue weighted by Gasteiger charge is 2.17. The first-order valence-corrected chi connectivity index (χ1v) is 7.26. The van der Waals surface area contributed by atoms with Gasteiger partial charge in [-0.25, -0.2) is 4.79 Å². The predicted octanol–water partition coefficient (Wildman–Crippen LogP) is 3.32. The number of amides is 1. The molecule has 6 heteroatoms. The van der Waals surface area contributed by atoms with E-state index in [1.807, 2.05) is 24.3 Å². The Bertz CT molecular complexity index is 627. The first kappa shape index (κ1) is 16.0. The van der Waals surface area contributed by atoms with Crippen molar-refractivity contribution in [3.8, 4) is 11.4 Å². The number of nitrogens with one attached hydrogen (secondary N) is 1. The fraction of sp³-hybridized carbons (Fsp3) is 0.438. The van der Waals surface area contributed by atoms with Gasteiger partial charge in [0.25, 0.3) is 0 Å². The number of carbonyl (C=O) groups excluding carboxylic acids is 1. The molecule has 0 saturated carbocycles. The average molecular weight is 303 g/mol. The molecule has 1 amide bonds. The second-order valence-corrected chi connectivity index (χ2v) is 5.92. The van der Waals surface area contributed by atoms with Crippen LogP contribution in [0.15, 0.2) is 28.8 Å². The van der Waals surface area contributed by atoms with Gasteiger partial charge in [0, 0.05) is 5.56 Å². The van der Waals surface area contributed by atoms with Gasteiger partial charge in [0.1, 0.15) is 12.1 Å². The molecule has 22 heavy (non-hydrogen) atoms. The van der Waals surface area contributed by atoms with Crippen molar-refractivity contribution in [2.75, 3.05) is 0 Å². The maximum absolute atomic E-state index is 11.6. The molecule has 1 heterocycles. The van der Waals surface area contributed by atoms with Gasteiger partial charge in [0.05, 0.1) is 0 Å². The van der Waals surface area contributed by atoms with Crippen molar-refractivity contribution in [1.82, 2.24) is 15.5 Å². The van der Waals surface area contributed by atoms with Crippen LogP contribution in [0.2, 0.25) is 0 Å². The van der Waals surface area contributed by atoms with E-state index in [-0.39, 0.29) is 6.54 Å². The highest BCUT2D eigenvalue weighted by Crippen LogP contribution is 2.16. The summed E-state index contributed by atoms with van der Waals surface area (Å²) in [5.74, 6) is 0.837. The van der Waals surface area contributed by atoms with Crippen molar-refractivity contribution < 1.29 is 14.1 Å². The largest absolute Gasteiger partial charge is 0.444 e. The van der Waals surface area contributed by atoms with E-state index in [4.69, 9.17) is 9.26 Å². The zero-order valence-electron chi connectivity index (χ0n) is 13.3. The Kier molecular flexibility index (Phi) is 4.80. The van der Waals surface area contributed by atoms with E-state index in [0.717, 1.165) is 12.0 Å². The average Bonchev–Trinajstić information content (AvgIpc) is 2.92. The molecule has 0 radical (unpaired) electrons. The van der Waals surface area contributed by atoms with Gasteiger partial charge in [0.2, 0.25) is 11.7 Å². The van der Waals surface area contributed by atoms with Gasteiger partial charge in [-0.15, -0.1) is 0 Å². The number of hydrogen-bond donors (Lipinski definition) is 1. The molecule has 0 bridgehead atoms. The molecular weight excluding hydrogens is 282 g/mol. The summed E-state index contributed by atoms with van der Waals surface area (Å²) in [5, 5.41) is 6.50. The van der Waals surface area contributed by atoms with Gasteiger partial charge >= 0.3 is 6.09 Å². The minimum absolute atomic E-state index is 0.134. The van der Waals surface area contributed by atoms with Crippen molar-refractivity contribution in [2.24, 2.45) is 0 Å². The van der Waals surface area contributed by atoms with Crippen molar-refractivity contribution in [3.63, 3.8) is 0 Å². The van der Waals surface area contributed by atoms with Gasteiger partial charge < -0.3 is 14.6 Å². The smallest absolute Gasteiger partial charge is 0.408 e. The van der Waals surface area contributed by atoms with E-state index < -0.39 is 11.7 Å². The second kappa shape index (κ2) is 6.60. The van der Waals surface area contributed by atoms with Crippen LogP contribution in [0.3, 0.4) is 0 Å². The van der Waals surface area contributed by atoms with E-state index in [2.05, 4.69) is 22.4 Å². The lowest BCUT2D eigenvalue weighted by Gasteiger charge is -2.19. The Morgan fingerprint density at radius 3 is 2.55 bits per heavy atom. The number of ether oxygens (including phenoxy) is 1. The molecule has 0 fully saturated rings. The summed E-state index contributed by atoms with van der Waals surface area (Å²) in [5.41, 5.74) is 1.59. The maximum atomic E-state index is 11.6. The molecule has 2 rings (SSSR count). The summed E-state index contributed by atoms with van der Waals surface area (Å²) >= 11 is 0. The van der Waals surface area contributed by atoms with Crippen LogP contribution in [0.4, 0.5) is 4.79 Å². The molecule has 2 aromatic rings. The van der Waals surface area contributed by atoms with Crippen LogP contribution < -0.4 is 5.32 Å². The fourth-order valence-electron chi connectivity index (χ4n) is 1.80. The van der Waals surface area contributed by atoms with Gasteiger partial charge in [-0.2, -0.15) is 4.98 Å². The number of aromatic nitrogens is 2. The number of nitrogens with zero attached hydrogens (tertiary/aromatic N) is 2. The van der Waals surface area contributed by atoms with Crippen LogP contribution in [0, 0.1) is 0 Å². The highest BCUT2D eigenvalue weighted by molar-refractivity contribution is 5.67. The van der Waals surface area contributed by atoms with Crippen molar-refractivity contribution >= 4 is 6.09 Å². The summed E-state index contributed by atoms with van der Waals surface area (Å²) < 4.78 is 10.3. The molecule has 6 nitrogen and oxygen atoms in total. The van der Waals surface area contributed by atoms with Gasteiger partial charge in [-0.1, -0.05) is 36.3 Å². The Morgan fingerprint density at radius 1 is 1.27 bits per heavy atom. The Morgan fingerprint density at radius 2 is 1.95 bits per heavy atom. The number of aryl methyl sites for hydroxylation is 1. The van der Waals surface area contributed by atoms with E-state index in [9.17, 15) is 4.79 Å². The minimum atomic E-state index is -0.537. The normalized spacial score (nSPS) is 11.3. The molecule has 0 aliphatic carbocycles. The molecule has 0 unspecified atom stereocenters. The zero-order chi connectivity index (χ0) is 16.2. The topological polar surface area (TPSA) is 77.2 Å². The van der Waals surface area contributed by atoms with E-state index in [1.54, 1.807) is 20.8 Å². The van der Waals surface area contributed by atoms with E-state index >= 15 is 0 Å².